The molecule has 2 aromatic rings. The minimum absolute atomic E-state index is 0. The lowest BCUT2D eigenvalue weighted by atomic mass is 10.2. The maximum Gasteiger partial charge on any atom is 0.254 e. The van der Waals surface area contributed by atoms with E-state index in [0.29, 0.717) is 35.9 Å². The molecule has 0 saturated carbocycles. The number of amides is 1. The van der Waals surface area contributed by atoms with Crippen molar-refractivity contribution in [3.8, 4) is 5.75 Å². The Morgan fingerprint density at radius 3 is 2.83 bits per heavy atom. The van der Waals surface area contributed by atoms with Crippen LogP contribution in [0, 0.1) is 6.92 Å². The number of hydrogen-bond acceptors (Lipinski definition) is 4. The third kappa shape index (κ3) is 5.78. The summed E-state index contributed by atoms with van der Waals surface area (Å²) in [5, 5.41) is 3.49. The smallest absolute Gasteiger partial charge is 0.254 e. The lowest BCUT2D eigenvalue weighted by Crippen LogP contribution is -2.25. The maximum atomic E-state index is 11.8. The van der Waals surface area contributed by atoms with Crippen molar-refractivity contribution < 1.29 is 13.9 Å². The van der Waals surface area contributed by atoms with E-state index in [4.69, 9.17) is 26.5 Å². The largest absolute Gasteiger partial charge is 0.493 e. The van der Waals surface area contributed by atoms with Gasteiger partial charge in [0.05, 0.1) is 18.7 Å². The lowest BCUT2D eigenvalue weighted by Gasteiger charge is -2.09. The molecule has 0 atom stereocenters. The number of benzene rings is 1. The summed E-state index contributed by atoms with van der Waals surface area (Å²) in [4.78, 5) is 11.8. The van der Waals surface area contributed by atoms with Gasteiger partial charge in [0.15, 0.2) is 0 Å². The van der Waals surface area contributed by atoms with E-state index in [1.807, 2.05) is 19.1 Å². The molecule has 23 heavy (non-hydrogen) atoms. The standard InChI is InChI=1S/C16H19ClN2O3.ClH/c1-11-7-13(17)3-4-15(11)21-6-2-5-19-16(20)12-8-14(9-18)22-10-12;/h3-4,7-8,10H,2,5-6,9,18H2,1H3,(H,19,20);1H. The molecule has 1 heterocycles. The van der Waals surface area contributed by atoms with Gasteiger partial charge in [0, 0.05) is 11.6 Å². The SMILES string of the molecule is Cc1cc(Cl)ccc1OCCCNC(=O)c1coc(CN)c1.Cl. The average molecular weight is 359 g/mol. The summed E-state index contributed by atoms with van der Waals surface area (Å²) in [6.07, 6.45) is 2.11. The van der Waals surface area contributed by atoms with E-state index in [2.05, 4.69) is 5.32 Å². The molecule has 0 fully saturated rings. The second-order valence-electron chi connectivity index (χ2n) is 4.87. The number of hydrogen-bond donors (Lipinski definition) is 2. The summed E-state index contributed by atoms with van der Waals surface area (Å²) in [6, 6.07) is 7.13. The molecule has 1 aromatic carbocycles. The molecule has 2 rings (SSSR count). The minimum Gasteiger partial charge on any atom is -0.493 e. The lowest BCUT2D eigenvalue weighted by molar-refractivity contribution is 0.0951. The third-order valence-corrected chi connectivity index (χ3v) is 3.35. The van der Waals surface area contributed by atoms with Crippen molar-refractivity contribution in [1.29, 1.82) is 0 Å². The van der Waals surface area contributed by atoms with Crippen LogP contribution in [0.1, 0.15) is 28.1 Å². The maximum absolute atomic E-state index is 11.8. The Hall–Kier alpha value is -1.69. The van der Waals surface area contributed by atoms with Crippen molar-refractivity contribution in [2.45, 2.75) is 19.9 Å². The summed E-state index contributed by atoms with van der Waals surface area (Å²) >= 11 is 5.89. The van der Waals surface area contributed by atoms with Gasteiger partial charge in [0.25, 0.3) is 5.91 Å². The zero-order valence-corrected chi connectivity index (χ0v) is 14.4. The Morgan fingerprint density at radius 2 is 2.17 bits per heavy atom. The van der Waals surface area contributed by atoms with E-state index in [0.717, 1.165) is 11.3 Å². The molecule has 0 bridgehead atoms. The van der Waals surface area contributed by atoms with Crippen LogP contribution >= 0.6 is 24.0 Å². The summed E-state index contributed by atoms with van der Waals surface area (Å²) in [5.74, 6) is 1.22. The predicted octanol–water partition coefficient (Wildman–Crippen LogP) is 3.32. The zero-order valence-electron chi connectivity index (χ0n) is 12.8. The van der Waals surface area contributed by atoms with Gasteiger partial charge in [-0.15, -0.1) is 12.4 Å². The second-order valence-corrected chi connectivity index (χ2v) is 5.31. The fourth-order valence-corrected chi connectivity index (χ4v) is 2.17. The number of nitrogens with two attached hydrogens (primary N) is 1. The monoisotopic (exact) mass is 358 g/mol. The summed E-state index contributed by atoms with van der Waals surface area (Å²) in [5.41, 5.74) is 6.90. The van der Waals surface area contributed by atoms with Gasteiger partial charge in [-0.25, -0.2) is 0 Å². The van der Waals surface area contributed by atoms with Crippen LogP contribution in [0.5, 0.6) is 5.75 Å². The fourth-order valence-electron chi connectivity index (χ4n) is 1.94. The Kier molecular flexibility index (Phi) is 7.95. The van der Waals surface area contributed by atoms with Gasteiger partial charge in [0.2, 0.25) is 0 Å². The van der Waals surface area contributed by atoms with E-state index in [1.54, 1.807) is 12.1 Å². The van der Waals surface area contributed by atoms with Crippen LogP contribution in [0.25, 0.3) is 0 Å². The molecule has 7 heteroatoms. The first-order valence-electron chi connectivity index (χ1n) is 7.05. The van der Waals surface area contributed by atoms with Gasteiger partial charge in [-0.3, -0.25) is 4.79 Å². The number of carbonyl (C=O) groups is 1. The predicted molar refractivity (Wildman–Crippen MR) is 92.5 cm³/mol. The van der Waals surface area contributed by atoms with Crippen molar-refractivity contribution in [2.24, 2.45) is 5.73 Å². The molecule has 1 aromatic heterocycles. The number of nitrogens with one attached hydrogen (secondary N) is 1. The molecule has 3 N–H and O–H groups in total. The quantitative estimate of drug-likeness (QED) is 0.744. The highest BCUT2D eigenvalue weighted by molar-refractivity contribution is 6.30. The molecule has 0 aliphatic rings. The van der Waals surface area contributed by atoms with Crippen molar-refractivity contribution in [3.05, 3.63) is 52.4 Å². The van der Waals surface area contributed by atoms with Gasteiger partial charge in [-0.1, -0.05) is 11.6 Å². The molecule has 0 aliphatic carbocycles. The van der Waals surface area contributed by atoms with Gasteiger partial charge < -0.3 is 20.2 Å². The highest BCUT2D eigenvalue weighted by Gasteiger charge is 2.08. The van der Waals surface area contributed by atoms with E-state index in [-0.39, 0.29) is 24.9 Å². The first-order chi connectivity index (χ1) is 10.6. The summed E-state index contributed by atoms with van der Waals surface area (Å²) in [6.45, 7) is 3.26. The Bertz CT molecular complexity index is 644. The normalized spacial score (nSPS) is 10.0. The zero-order chi connectivity index (χ0) is 15.9. The number of furan rings is 1. The molecular weight excluding hydrogens is 339 g/mol. The Balaban J connectivity index is 0.00000264. The van der Waals surface area contributed by atoms with Crippen molar-refractivity contribution in [1.82, 2.24) is 5.32 Å². The Morgan fingerprint density at radius 1 is 1.39 bits per heavy atom. The van der Waals surface area contributed by atoms with Crippen LogP contribution in [0.15, 0.2) is 34.9 Å². The first-order valence-corrected chi connectivity index (χ1v) is 7.42. The molecule has 0 radical (unpaired) electrons. The van der Waals surface area contributed by atoms with Gasteiger partial charge in [-0.2, -0.15) is 0 Å². The molecule has 1 amide bonds. The summed E-state index contributed by atoms with van der Waals surface area (Å²) < 4.78 is 10.8. The number of aryl methyl sites for hydroxylation is 1. The summed E-state index contributed by atoms with van der Waals surface area (Å²) in [7, 11) is 0. The highest BCUT2D eigenvalue weighted by Crippen LogP contribution is 2.21. The minimum atomic E-state index is -0.175. The van der Waals surface area contributed by atoms with Crippen LogP contribution in [-0.2, 0) is 6.54 Å². The van der Waals surface area contributed by atoms with E-state index < -0.39 is 0 Å². The number of carbonyl (C=O) groups excluding carboxylic acids is 1. The topological polar surface area (TPSA) is 77.5 Å². The first kappa shape index (κ1) is 19.4. The molecule has 5 nitrogen and oxygen atoms in total. The Labute approximate surface area is 146 Å². The van der Waals surface area contributed by atoms with Crippen LogP contribution in [0.4, 0.5) is 0 Å². The van der Waals surface area contributed by atoms with Crippen LogP contribution in [0.2, 0.25) is 5.02 Å². The number of ether oxygens (including phenoxy) is 1. The van der Waals surface area contributed by atoms with Crippen LogP contribution in [-0.4, -0.2) is 19.1 Å². The molecule has 126 valence electrons. The number of rotatable bonds is 7. The molecule has 0 aliphatic heterocycles. The van der Waals surface area contributed by atoms with E-state index >= 15 is 0 Å². The van der Waals surface area contributed by atoms with Crippen molar-refractivity contribution in [2.75, 3.05) is 13.2 Å². The molecule has 0 spiro atoms. The van der Waals surface area contributed by atoms with Crippen molar-refractivity contribution in [3.63, 3.8) is 0 Å². The second kappa shape index (κ2) is 9.45. The van der Waals surface area contributed by atoms with Gasteiger partial charge in [0.1, 0.15) is 17.8 Å². The van der Waals surface area contributed by atoms with Crippen LogP contribution < -0.4 is 15.8 Å². The molecule has 0 unspecified atom stereocenters. The molecular formula is C16H20Cl2N2O3. The number of halogens is 2. The van der Waals surface area contributed by atoms with E-state index in [1.165, 1.54) is 6.26 Å². The molecule has 0 saturated heterocycles. The third-order valence-electron chi connectivity index (χ3n) is 3.12. The van der Waals surface area contributed by atoms with Gasteiger partial charge >= 0.3 is 0 Å². The van der Waals surface area contributed by atoms with Crippen molar-refractivity contribution >= 4 is 29.9 Å². The highest BCUT2D eigenvalue weighted by atomic mass is 35.5. The average Bonchev–Trinajstić information content (AvgIpc) is 2.97. The van der Waals surface area contributed by atoms with E-state index in [9.17, 15) is 4.79 Å². The fraction of sp³-hybridized carbons (Fsp3) is 0.312. The van der Waals surface area contributed by atoms with Crippen LogP contribution in [0.3, 0.4) is 0 Å². The van der Waals surface area contributed by atoms with Gasteiger partial charge in [-0.05, 0) is 43.2 Å².